The topological polar surface area (TPSA) is 98.4 Å². The van der Waals surface area contributed by atoms with Gasteiger partial charge in [0.2, 0.25) is 11.9 Å². The highest BCUT2D eigenvalue weighted by Crippen LogP contribution is 2.20. The SMILES string of the molecule is NNc1nc(OCC2CCCO2)nc(N2CCCC2)n1. The van der Waals surface area contributed by atoms with Gasteiger partial charge in [-0.1, -0.05) is 0 Å². The quantitative estimate of drug-likeness (QED) is 0.587. The number of nitrogens with one attached hydrogen (secondary N) is 1. The van der Waals surface area contributed by atoms with Gasteiger partial charge in [-0.2, -0.15) is 15.0 Å². The molecule has 8 heteroatoms. The van der Waals surface area contributed by atoms with Crippen LogP contribution in [0.1, 0.15) is 25.7 Å². The van der Waals surface area contributed by atoms with E-state index in [9.17, 15) is 0 Å². The number of anilines is 2. The third-order valence-corrected chi connectivity index (χ3v) is 3.54. The molecule has 8 nitrogen and oxygen atoms in total. The summed E-state index contributed by atoms with van der Waals surface area (Å²) < 4.78 is 11.1. The fourth-order valence-corrected chi connectivity index (χ4v) is 2.48. The molecule has 3 heterocycles. The zero-order valence-electron chi connectivity index (χ0n) is 11.4. The van der Waals surface area contributed by atoms with E-state index < -0.39 is 0 Å². The minimum Gasteiger partial charge on any atom is -0.461 e. The Labute approximate surface area is 117 Å². The van der Waals surface area contributed by atoms with Crippen LogP contribution in [0.3, 0.4) is 0 Å². The first kappa shape index (κ1) is 13.3. The molecule has 20 heavy (non-hydrogen) atoms. The van der Waals surface area contributed by atoms with E-state index in [-0.39, 0.29) is 6.10 Å². The van der Waals surface area contributed by atoms with Crippen LogP contribution in [0.4, 0.5) is 11.9 Å². The molecule has 0 saturated carbocycles. The van der Waals surface area contributed by atoms with Crippen LogP contribution in [0, 0.1) is 0 Å². The molecule has 2 fully saturated rings. The predicted molar refractivity (Wildman–Crippen MR) is 73.6 cm³/mol. The third kappa shape index (κ3) is 3.07. The molecule has 0 radical (unpaired) electrons. The maximum absolute atomic E-state index is 5.62. The average Bonchev–Trinajstić information content (AvgIpc) is 3.17. The molecule has 1 aromatic rings. The molecule has 3 rings (SSSR count). The van der Waals surface area contributed by atoms with Crippen molar-refractivity contribution >= 4 is 11.9 Å². The summed E-state index contributed by atoms with van der Waals surface area (Å²) in [5.74, 6) is 6.34. The zero-order chi connectivity index (χ0) is 13.8. The summed E-state index contributed by atoms with van der Waals surface area (Å²) in [6, 6.07) is 0.297. The molecule has 1 aromatic heterocycles. The van der Waals surface area contributed by atoms with Gasteiger partial charge in [0.1, 0.15) is 6.61 Å². The van der Waals surface area contributed by atoms with Crippen molar-refractivity contribution in [1.29, 1.82) is 0 Å². The monoisotopic (exact) mass is 280 g/mol. The van der Waals surface area contributed by atoms with Crippen molar-refractivity contribution in [3.05, 3.63) is 0 Å². The van der Waals surface area contributed by atoms with Crippen LogP contribution in [-0.4, -0.2) is 47.4 Å². The molecule has 110 valence electrons. The summed E-state index contributed by atoms with van der Waals surface area (Å²) in [7, 11) is 0. The molecule has 0 amide bonds. The molecule has 2 aliphatic heterocycles. The number of hydrogen-bond donors (Lipinski definition) is 2. The molecule has 0 aliphatic carbocycles. The Bertz CT molecular complexity index is 446. The van der Waals surface area contributed by atoms with Gasteiger partial charge in [0, 0.05) is 19.7 Å². The summed E-state index contributed by atoms with van der Waals surface area (Å²) in [4.78, 5) is 14.9. The van der Waals surface area contributed by atoms with Gasteiger partial charge >= 0.3 is 6.01 Å². The summed E-state index contributed by atoms with van der Waals surface area (Å²) in [5, 5.41) is 0. The number of hydrogen-bond acceptors (Lipinski definition) is 8. The number of ether oxygens (including phenoxy) is 2. The number of rotatable bonds is 5. The van der Waals surface area contributed by atoms with Gasteiger partial charge in [-0.25, -0.2) is 5.84 Å². The smallest absolute Gasteiger partial charge is 0.323 e. The molecule has 3 N–H and O–H groups in total. The molecule has 2 aliphatic rings. The Morgan fingerprint density at radius 3 is 2.80 bits per heavy atom. The van der Waals surface area contributed by atoms with Gasteiger partial charge in [-0.3, -0.25) is 5.43 Å². The second-order valence-electron chi connectivity index (χ2n) is 5.03. The third-order valence-electron chi connectivity index (χ3n) is 3.54. The highest BCUT2D eigenvalue weighted by atomic mass is 16.5. The summed E-state index contributed by atoms with van der Waals surface area (Å²) in [6.45, 7) is 3.19. The lowest BCUT2D eigenvalue weighted by Gasteiger charge is -2.17. The Hall–Kier alpha value is -1.67. The van der Waals surface area contributed by atoms with Crippen LogP contribution >= 0.6 is 0 Å². The fraction of sp³-hybridized carbons (Fsp3) is 0.750. The van der Waals surface area contributed by atoms with E-state index in [2.05, 4.69) is 25.3 Å². The van der Waals surface area contributed by atoms with Gasteiger partial charge in [-0.15, -0.1) is 0 Å². The maximum Gasteiger partial charge on any atom is 0.323 e. The number of nitrogens with two attached hydrogens (primary N) is 1. The van der Waals surface area contributed by atoms with Crippen molar-refractivity contribution in [1.82, 2.24) is 15.0 Å². The largest absolute Gasteiger partial charge is 0.461 e. The Morgan fingerprint density at radius 2 is 2.10 bits per heavy atom. The first-order valence-electron chi connectivity index (χ1n) is 7.07. The van der Waals surface area contributed by atoms with E-state index in [0.29, 0.717) is 24.5 Å². The first-order chi connectivity index (χ1) is 9.85. The van der Waals surface area contributed by atoms with Crippen LogP contribution in [0.2, 0.25) is 0 Å². The normalized spacial score (nSPS) is 22.2. The van der Waals surface area contributed by atoms with Crippen LogP contribution < -0.4 is 20.9 Å². The molecule has 0 spiro atoms. The van der Waals surface area contributed by atoms with E-state index >= 15 is 0 Å². The van der Waals surface area contributed by atoms with E-state index in [1.165, 1.54) is 0 Å². The van der Waals surface area contributed by atoms with Crippen molar-refractivity contribution in [2.75, 3.05) is 36.6 Å². The molecule has 1 atom stereocenters. The van der Waals surface area contributed by atoms with Gasteiger partial charge in [-0.05, 0) is 25.7 Å². The average molecular weight is 280 g/mol. The molecule has 1 unspecified atom stereocenters. The minimum atomic E-state index is 0.135. The first-order valence-corrected chi connectivity index (χ1v) is 7.07. The predicted octanol–water partition coefficient (Wildman–Crippen LogP) is 0.315. The van der Waals surface area contributed by atoms with Crippen LogP contribution in [-0.2, 0) is 4.74 Å². The van der Waals surface area contributed by atoms with Crippen molar-refractivity contribution < 1.29 is 9.47 Å². The zero-order valence-corrected chi connectivity index (χ0v) is 11.4. The Morgan fingerprint density at radius 1 is 1.25 bits per heavy atom. The number of nitrogen functional groups attached to an aromatic ring is 1. The van der Waals surface area contributed by atoms with Crippen molar-refractivity contribution in [2.45, 2.75) is 31.8 Å². The van der Waals surface area contributed by atoms with Crippen LogP contribution in [0.25, 0.3) is 0 Å². The molecule has 0 bridgehead atoms. The van der Waals surface area contributed by atoms with Crippen molar-refractivity contribution in [3.8, 4) is 6.01 Å². The Balaban J connectivity index is 1.69. The van der Waals surface area contributed by atoms with Gasteiger partial charge < -0.3 is 14.4 Å². The second kappa shape index (κ2) is 6.19. The number of hydrazine groups is 1. The van der Waals surface area contributed by atoms with E-state index in [1.807, 2.05) is 0 Å². The molecule has 0 aromatic carbocycles. The fourth-order valence-electron chi connectivity index (χ4n) is 2.48. The van der Waals surface area contributed by atoms with Crippen LogP contribution in [0.15, 0.2) is 0 Å². The maximum atomic E-state index is 5.62. The lowest BCUT2D eigenvalue weighted by Crippen LogP contribution is -2.24. The molecule has 2 saturated heterocycles. The highest BCUT2D eigenvalue weighted by Gasteiger charge is 2.20. The van der Waals surface area contributed by atoms with Gasteiger partial charge in [0.15, 0.2) is 0 Å². The lowest BCUT2D eigenvalue weighted by molar-refractivity contribution is 0.0645. The van der Waals surface area contributed by atoms with Crippen molar-refractivity contribution in [3.63, 3.8) is 0 Å². The van der Waals surface area contributed by atoms with Crippen LogP contribution in [0.5, 0.6) is 6.01 Å². The lowest BCUT2D eigenvalue weighted by atomic mass is 10.2. The standard InChI is InChI=1S/C12H20N6O2/c13-17-10-14-11(18-5-1-2-6-18)16-12(15-10)20-8-9-4-3-7-19-9/h9H,1-8,13H2,(H,14,15,16,17). The summed E-state index contributed by atoms with van der Waals surface area (Å²) >= 11 is 0. The van der Waals surface area contributed by atoms with E-state index in [1.54, 1.807) is 0 Å². The molecular formula is C12H20N6O2. The summed E-state index contributed by atoms with van der Waals surface area (Å²) in [6.07, 6.45) is 4.55. The van der Waals surface area contributed by atoms with E-state index in [4.69, 9.17) is 15.3 Å². The van der Waals surface area contributed by atoms with Gasteiger partial charge in [0.25, 0.3) is 0 Å². The minimum absolute atomic E-state index is 0.135. The molecular weight excluding hydrogens is 260 g/mol. The van der Waals surface area contributed by atoms with Crippen molar-refractivity contribution in [2.24, 2.45) is 5.84 Å². The Kier molecular flexibility index (Phi) is 4.12. The van der Waals surface area contributed by atoms with Gasteiger partial charge in [0.05, 0.1) is 6.10 Å². The second-order valence-corrected chi connectivity index (χ2v) is 5.03. The summed E-state index contributed by atoms with van der Waals surface area (Å²) in [5.41, 5.74) is 2.46. The highest BCUT2D eigenvalue weighted by molar-refractivity contribution is 5.38. The van der Waals surface area contributed by atoms with E-state index in [0.717, 1.165) is 45.4 Å². The number of nitrogens with zero attached hydrogens (tertiary/aromatic N) is 4. The number of aromatic nitrogens is 3.